The first kappa shape index (κ1) is 28.8. The predicted molar refractivity (Wildman–Crippen MR) is 170 cm³/mol. The van der Waals surface area contributed by atoms with Crippen LogP contribution < -0.4 is 20.3 Å². The van der Waals surface area contributed by atoms with E-state index in [2.05, 4.69) is 61.4 Å². The lowest BCUT2D eigenvalue weighted by molar-refractivity contribution is -0.103. The molecule has 2 saturated heterocycles. The topological polar surface area (TPSA) is 122 Å². The van der Waals surface area contributed by atoms with Gasteiger partial charge in [0.15, 0.2) is 11.3 Å². The predicted octanol–water partition coefficient (Wildman–Crippen LogP) is 4.93. The zero-order valence-corrected chi connectivity index (χ0v) is 25.5. The molecular weight excluding hydrogens is 556 g/mol. The molecule has 11 heteroatoms. The third kappa shape index (κ3) is 6.16. The van der Waals surface area contributed by atoms with Gasteiger partial charge in [-0.15, -0.1) is 10.2 Å². The first-order valence-corrected chi connectivity index (χ1v) is 16.0. The number of nitrogens with one attached hydrogen (secondary N) is 2. The van der Waals surface area contributed by atoms with E-state index in [4.69, 9.17) is 14.6 Å². The molecule has 1 aromatic carbocycles. The molecule has 1 aliphatic carbocycles. The molecule has 3 aromatic heterocycles. The van der Waals surface area contributed by atoms with Gasteiger partial charge < -0.3 is 30.1 Å². The molecule has 0 spiro atoms. The van der Waals surface area contributed by atoms with E-state index >= 15 is 0 Å². The summed E-state index contributed by atoms with van der Waals surface area (Å²) in [5, 5.41) is 31.3. The van der Waals surface area contributed by atoms with Gasteiger partial charge in [0.05, 0.1) is 29.5 Å². The van der Waals surface area contributed by atoms with Gasteiger partial charge >= 0.3 is 0 Å². The number of hydrogen-bond donors (Lipinski definition) is 3. The average molecular weight is 599 g/mol. The van der Waals surface area contributed by atoms with Gasteiger partial charge in [-0.25, -0.2) is 4.98 Å². The number of para-hydroxylation sites is 1. The lowest BCUT2D eigenvalue weighted by Crippen LogP contribution is -2.43. The third-order valence-corrected chi connectivity index (χ3v) is 8.96. The van der Waals surface area contributed by atoms with Crippen molar-refractivity contribution in [2.24, 2.45) is 0 Å². The molecule has 7 rings (SSSR count). The van der Waals surface area contributed by atoms with Crippen LogP contribution in [0.1, 0.15) is 58.4 Å². The number of hydrogen-bond acceptors (Lipinski definition) is 10. The Bertz CT molecular complexity index is 1570. The summed E-state index contributed by atoms with van der Waals surface area (Å²) in [4.78, 5) is 6.91. The number of ether oxygens (including phenoxy) is 2. The third-order valence-electron chi connectivity index (χ3n) is 8.96. The SMILES string of the molecule is CC(C)Nc1nn(C2CCN(c3ccnc(OC4CC(OC5CCNCC5)C4)c3)CC2)c2cc(-c3ccccc3O)nnc12. The second kappa shape index (κ2) is 12.6. The van der Waals surface area contributed by atoms with Gasteiger partial charge in [0.25, 0.3) is 0 Å². The highest BCUT2D eigenvalue weighted by Gasteiger charge is 2.34. The molecule has 44 heavy (non-hydrogen) atoms. The molecule has 11 nitrogen and oxygen atoms in total. The fraction of sp³-hybridized carbons (Fsp3) is 0.515. The van der Waals surface area contributed by atoms with E-state index in [1.54, 1.807) is 12.1 Å². The molecular formula is C33H42N8O3. The Balaban J connectivity index is 1.01. The Morgan fingerprint density at radius 2 is 1.75 bits per heavy atom. The van der Waals surface area contributed by atoms with Crippen LogP contribution in [0.3, 0.4) is 0 Å². The van der Waals surface area contributed by atoms with Crippen LogP contribution in [0, 0.1) is 0 Å². The number of aromatic hydroxyl groups is 1. The summed E-state index contributed by atoms with van der Waals surface area (Å²) in [6.45, 7) is 8.06. The number of fused-ring (bicyclic) bond motifs is 1. The van der Waals surface area contributed by atoms with Crippen molar-refractivity contribution in [1.29, 1.82) is 0 Å². The van der Waals surface area contributed by atoms with Gasteiger partial charge in [-0.05, 0) is 76.9 Å². The standard InChI is InChI=1S/C33H42N8O3/c1-21(2)36-33-32-29(20-28(37-38-32)27-5-3-4-6-30(27)42)41(39-33)22-10-15-40(16-11-22)23-7-14-35-31(17-23)44-26-18-25(19-26)43-24-8-12-34-13-9-24/h3-7,14,17,20-22,24-26,34,42H,8-13,15-16,18-19H2,1-2H3,(H,36,39). The minimum Gasteiger partial charge on any atom is -0.507 e. The minimum atomic E-state index is 0.169. The fourth-order valence-corrected chi connectivity index (χ4v) is 6.53. The Morgan fingerprint density at radius 1 is 0.955 bits per heavy atom. The van der Waals surface area contributed by atoms with Crippen molar-refractivity contribution in [2.45, 2.75) is 82.8 Å². The highest BCUT2D eigenvalue weighted by molar-refractivity contribution is 5.88. The number of phenolic OH excluding ortho intramolecular Hbond substituents is 1. The summed E-state index contributed by atoms with van der Waals surface area (Å²) in [5.74, 6) is 1.61. The highest BCUT2D eigenvalue weighted by atomic mass is 16.5. The average Bonchev–Trinajstić information content (AvgIpc) is 3.38. The summed E-state index contributed by atoms with van der Waals surface area (Å²) in [5.41, 5.74) is 4.09. The molecule has 232 valence electrons. The maximum absolute atomic E-state index is 10.4. The number of aromatic nitrogens is 5. The number of pyridine rings is 1. The smallest absolute Gasteiger partial charge is 0.215 e. The van der Waals surface area contributed by atoms with Gasteiger partial charge in [-0.3, -0.25) is 4.68 Å². The zero-order valence-electron chi connectivity index (χ0n) is 25.5. The molecule has 1 saturated carbocycles. The Hall–Kier alpha value is -3.96. The molecule has 0 atom stereocenters. The van der Waals surface area contributed by atoms with Crippen LogP contribution >= 0.6 is 0 Å². The van der Waals surface area contributed by atoms with Gasteiger partial charge in [0.2, 0.25) is 5.88 Å². The number of rotatable bonds is 9. The van der Waals surface area contributed by atoms with Crippen LogP contribution in [0.5, 0.6) is 11.6 Å². The Kier molecular flexibility index (Phi) is 8.22. The normalized spacial score (nSPS) is 21.5. The summed E-state index contributed by atoms with van der Waals surface area (Å²) < 4.78 is 14.6. The van der Waals surface area contributed by atoms with Crippen molar-refractivity contribution < 1.29 is 14.6 Å². The van der Waals surface area contributed by atoms with Crippen molar-refractivity contribution in [2.75, 3.05) is 36.4 Å². The van der Waals surface area contributed by atoms with Crippen molar-refractivity contribution >= 4 is 22.5 Å². The summed E-state index contributed by atoms with van der Waals surface area (Å²) >= 11 is 0. The van der Waals surface area contributed by atoms with E-state index in [0.29, 0.717) is 29.3 Å². The van der Waals surface area contributed by atoms with Crippen LogP contribution in [0.15, 0.2) is 48.7 Å². The molecule has 4 aromatic rings. The first-order chi connectivity index (χ1) is 21.5. The van der Waals surface area contributed by atoms with E-state index in [0.717, 1.165) is 87.2 Å². The largest absolute Gasteiger partial charge is 0.507 e. The fourth-order valence-electron chi connectivity index (χ4n) is 6.53. The van der Waals surface area contributed by atoms with Crippen LogP contribution in [0.2, 0.25) is 0 Å². The van der Waals surface area contributed by atoms with Crippen LogP contribution in [-0.2, 0) is 4.74 Å². The number of benzene rings is 1. The van der Waals surface area contributed by atoms with E-state index < -0.39 is 0 Å². The van der Waals surface area contributed by atoms with Crippen LogP contribution in [0.25, 0.3) is 22.3 Å². The Morgan fingerprint density at radius 3 is 2.52 bits per heavy atom. The number of nitrogens with zero attached hydrogens (tertiary/aromatic N) is 6. The highest BCUT2D eigenvalue weighted by Crippen LogP contribution is 2.35. The molecule has 0 radical (unpaired) electrons. The maximum atomic E-state index is 10.4. The molecule has 3 N–H and O–H groups in total. The first-order valence-electron chi connectivity index (χ1n) is 16.0. The number of piperidine rings is 2. The summed E-state index contributed by atoms with van der Waals surface area (Å²) in [7, 11) is 0. The second-order valence-corrected chi connectivity index (χ2v) is 12.6. The van der Waals surface area contributed by atoms with Gasteiger partial charge in [-0.2, -0.15) is 5.10 Å². The van der Waals surface area contributed by atoms with Crippen molar-refractivity contribution in [1.82, 2.24) is 30.3 Å². The van der Waals surface area contributed by atoms with E-state index in [1.165, 1.54) is 0 Å². The molecule has 5 heterocycles. The molecule has 0 amide bonds. The molecule has 3 fully saturated rings. The van der Waals surface area contributed by atoms with Crippen molar-refractivity contribution in [3.8, 4) is 22.9 Å². The van der Waals surface area contributed by atoms with Gasteiger partial charge in [0.1, 0.15) is 11.9 Å². The zero-order chi connectivity index (χ0) is 30.0. The van der Waals surface area contributed by atoms with Crippen LogP contribution in [0.4, 0.5) is 11.5 Å². The maximum Gasteiger partial charge on any atom is 0.215 e. The second-order valence-electron chi connectivity index (χ2n) is 12.6. The van der Waals surface area contributed by atoms with Crippen molar-refractivity contribution in [3.63, 3.8) is 0 Å². The molecule has 0 unspecified atom stereocenters. The summed E-state index contributed by atoms with van der Waals surface area (Å²) in [6, 6.07) is 13.8. The van der Waals surface area contributed by atoms with Crippen LogP contribution in [-0.4, -0.2) is 80.6 Å². The monoisotopic (exact) mass is 598 g/mol. The van der Waals surface area contributed by atoms with Crippen molar-refractivity contribution in [3.05, 3.63) is 48.7 Å². The quantitative estimate of drug-likeness (QED) is 0.244. The minimum absolute atomic E-state index is 0.169. The molecule has 0 bridgehead atoms. The lowest BCUT2D eigenvalue weighted by Gasteiger charge is -2.38. The summed E-state index contributed by atoms with van der Waals surface area (Å²) in [6.07, 6.45) is 8.64. The van der Waals surface area contributed by atoms with Gasteiger partial charge in [-0.1, -0.05) is 12.1 Å². The molecule has 3 aliphatic rings. The molecule has 2 aliphatic heterocycles. The van der Waals surface area contributed by atoms with E-state index in [9.17, 15) is 5.11 Å². The number of phenols is 1. The van der Waals surface area contributed by atoms with E-state index in [1.807, 2.05) is 24.4 Å². The Labute approximate surface area is 258 Å². The lowest BCUT2D eigenvalue weighted by atomic mass is 9.91. The number of anilines is 2. The van der Waals surface area contributed by atoms with Gasteiger partial charge in [0, 0.05) is 55.5 Å². The van der Waals surface area contributed by atoms with E-state index in [-0.39, 0.29) is 23.9 Å².